The van der Waals surface area contributed by atoms with E-state index >= 15 is 0 Å². The lowest BCUT2D eigenvalue weighted by Gasteiger charge is -2.40. The molecule has 0 saturated heterocycles. The number of nitrogens with zero attached hydrogens (tertiary/aromatic N) is 1. The highest BCUT2D eigenvalue weighted by atomic mass is 35.5. The lowest BCUT2D eigenvalue weighted by atomic mass is 9.84. The van der Waals surface area contributed by atoms with Crippen LogP contribution in [0.2, 0.25) is 5.02 Å². The first-order valence-corrected chi connectivity index (χ1v) is 7.79. The summed E-state index contributed by atoms with van der Waals surface area (Å²) in [4.78, 5) is 2.35. The van der Waals surface area contributed by atoms with Crippen molar-refractivity contribution in [2.45, 2.75) is 44.7 Å². The number of likely N-dealkylation sites (N-methyl/N-ethyl adjacent to an activating group) is 1. The third-order valence-corrected chi connectivity index (χ3v) is 4.92. The Morgan fingerprint density at radius 3 is 2.70 bits per heavy atom. The van der Waals surface area contributed by atoms with Crippen molar-refractivity contribution in [2.75, 3.05) is 13.6 Å². The second kappa shape index (κ2) is 6.88. The predicted octanol–water partition coefficient (Wildman–Crippen LogP) is 3.99. The molecule has 2 rings (SSSR count). The topological polar surface area (TPSA) is 29.3 Å². The molecule has 0 radical (unpaired) electrons. The van der Waals surface area contributed by atoms with E-state index in [0.717, 1.165) is 5.56 Å². The summed E-state index contributed by atoms with van der Waals surface area (Å²) in [5, 5.41) is 0.172. The maximum absolute atomic E-state index is 13.3. The van der Waals surface area contributed by atoms with E-state index in [4.69, 9.17) is 17.3 Å². The molecule has 112 valence electrons. The average Bonchev–Trinajstić information content (AvgIpc) is 2.44. The van der Waals surface area contributed by atoms with Gasteiger partial charge in [-0.15, -0.1) is 0 Å². The Labute approximate surface area is 126 Å². The minimum absolute atomic E-state index is 0.0960. The number of benzene rings is 1. The van der Waals surface area contributed by atoms with E-state index in [0.29, 0.717) is 18.5 Å². The molecule has 0 heterocycles. The molecule has 1 aromatic rings. The Hall–Kier alpha value is -0.640. The molecule has 0 bridgehead atoms. The third kappa shape index (κ3) is 3.33. The van der Waals surface area contributed by atoms with Crippen LogP contribution >= 0.6 is 11.6 Å². The van der Waals surface area contributed by atoms with E-state index in [2.05, 4.69) is 18.9 Å². The molecule has 4 heteroatoms. The largest absolute Gasteiger partial charge is 0.329 e. The molecule has 0 spiro atoms. The average molecular weight is 299 g/mol. The van der Waals surface area contributed by atoms with Crippen molar-refractivity contribution < 1.29 is 4.39 Å². The summed E-state index contributed by atoms with van der Waals surface area (Å²) in [6, 6.07) is 5.57. The first kappa shape index (κ1) is 15.7. The van der Waals surface area contributed by atoms with Gasteiger partial charge in [-0.2, -0.15) is 0 Å². The molecule has 3 unspecified atom stereocenters. The normalized spacial score (nSPS) is 24.9. The number of halogens is 2. The molecule has 0 amide bonds. The minimum atomic E-state index is -0.375. The van der Waals surface area contributed by atoms with Gasteiger partial charge in [-0.25, -0.2) is 4.39 Å². The van der Waals surface area contributed by atoms with Crippen LogP contribution in [0.1, 0.15) is 44.2 Å². The first-order chi connectivity index (χ1) is 9.54. The van der Waals surface area contributed by atoms with Crippen molar-refractivity contribution in [3.8, 4) is 0 Å². The minimum Gasteiger partial charge on any atom is -0.329 e. The first-order valence-electron chi connectivity index (χ1n) is 7.41. The molecule has 2 N–H and O–H groups in total. The second-order valence-corrected chi connectivity index (χ2v) is 6.33. The fraction of sp³-hybridized carbons (Fsp3) is 0.625. The van der Waals surface area contributed by atoms with Crippen molar-refractivity contribution in [3.05, 3.63) is 34.6 Å². The maximum atomic E-state index is 13.3. The van der Waals surface area contributed by atoms with E-state index in [-0.39, 0.29) is 16.9 Å². The van der Waals surface area contributed by atoms with E-state index in [1.165, 1.54) is 31.7 Å². The summed E-state index contributed by atoms with van der Waals surface area (Å²) < 4.78 is 13.3. The van der Waals surface area contributed by atoms with E-state index in [1.54, 1.807) is 12.1 Å². The van der Waals surface area contributed by atoms with E-state index in [9.17, 15) is 4.39 Å². The Bertz CT molecular complexity index is 452. The van der Waals surface area contributed by atoms with Crippen LogP contribution < -0.4 is 5.73 Å². The summed E-state index contributed by atoms with van der Waals surface area (Å²) in [5.74, 6) is 0.304. The summed E-state index contributed by atoms with van der Waals surface area (Å²) in [5.41, 5.74) is 6.97. The van der Waals surface area contributed by atoms with Gasteiger partial charge in [0, 0.05) is 18.6 Å². The van der Waals surface area contributed by atoms with Crippen LogP contribution in [0.25, 0.3) is 0 Å². The lowest BCUT2D eigenvalue weighted by Crippen LogP contribution is -2.43. The molecule has 1 aromatic carbocycles. The van der Waals surface area contributed by atoms with Crippen LogP contribution in [0.15, 0.2) is 18.2 Å². The van der Waals surface area contributed by atoms with Gasteiger partial charge in [0.2, 0.25) is 0 Å². The Morgan fingerprint density at radius 1 is 1.40 bits per heavy atom. The summed E-state index contributed by atoms with van der Waals surface area (Å²) >= 11 is 5.90. The molecule has 3 atom stereocenters. The maximum Gasteiger partial charge on any atom is 0.141 e. The quantitative estimate of drug-likeness (QED) is 0.911. The van der Waals surface area contributed by atoms with Crippen LogP contribution in [0, 0.1) is 11.7 Å². The molecular formula is C16H24ClFN2. The van der Waals surface area contributed by atoms with Crippen LogP contribution in [0.3, 0.4) is 0 Å². The zero-order chi connectivity index (χ0) is 14.7. The molecule has 20 heavy (non-hydrogen) atoms. The Morgan fingerprint density at radius 2 is 2.10 bits per heavy atom. The van der Waals surface area contributed by atoms with Crippen molar-refractivity contribution in [2.24, 2.45) is 11.7 Å². The van der Waals surface area contributed by atoms with Gasteiger partial charge in [-0.05, 0) is 43.5 Å². The summed E-state index contributed by atoms with van der Waals surface area (Å²) in [7, 11) is 2.13. The van der Waals surface area contributed by atoms with Crippen LogP contribution in [-0.2, 0) is 0 Å². The molecule has 1 fully saturated rings. The molecule has 0 aliphatic heterocycles. The van der Waals surface area contributed by atoms with Crippen LogP contribution in [-0.4, -0.2) is 24.5 Å². The predicted molar refractivity (Wildman–Crippen MR) is 82.4 cm³/mol. The number of hydrogen-bond acceptors (Lipinski definition) is 2. The zero-order valence-electron chi connectivity index (χ0n) is 12.3. The standard InChI is InChI=1S/C16H24ClFN2/c1-11-5-3-4-6-15(11)20(2)16(10-19)12-7-8-14(18)13(17)9-12/h7-9,11,15-16H,3-6,10,19H2,1-2H3. The number of nitrogens with two attached hydrogens (primary N) is 1. The monoisotopic (exact) mass is 298 g/mol. The van der Waals surface area contributed by atoms with Gasteiger partial charge in [0.05, 0.1) is 5.02 Å². The fourth-order valence-corrected chi connectivity index (χ4v) is 3.58. The number of hydrogen-bond donors (Lipinski definition) is 1. The Balaban J connectivity index is 2.19. The van der Waals surface area contributed by atoms with Gasteiger partial charge in [0.25, 0.3) is 0 Å². The fourth-order valence-electron chi connectivity index (χ4n) is 3.39. The summed E-state index contributed by atoms with van der Waals surface area (Å²) in [6.07, 6.45) is 5.08. The van der Waals surface area contributed by atoms with Gasteiger partial charge in [0.1, 0.15) is 5.82 Å². The molecule has 2 nitrogen and oxygen atoms in total. The van der Waals surface area contributed by atoms with Gasteiger partial charge in [-0.3, -0.25) is 4.90 Å². The van der Waals surface area contributed by atoms with Crippen molar-refractivity contribution >= 4 is 11.6 Å². The second-order valence-electron chi connectivity index (χ2n) is 5.92. The molecule has 0 aromatic heterocycles. The smallest absolute Gasteiger partial charge is 0.141 e. The lowest BCUT2D eigenvalue weighted by molar-refractivity contribution is 0.0992. The van der Waals surface area contributed by atoms with Crippen LogP contribution in [0.4, 0.5) is 4.39 Å². The van der Waals surface area contributed by atoms with E-state index in [1.807, 2.05) is 0 Å². The molecule has 1 aliphatic carbocycles. The SMILES string of the molecule is CC1CCCCC1N(C)C(CN)c1ccc(F)c(Cl)c1. The highest BCUT2D eigenvalue weighted by molar-refractivity contribution is 6.30. The third-order valence-electron chi connectivity index (χ3n) is 4.63. The van der Waals surface area contributed by atoms with Gasteiger partial charge in [0.15, 0.2) is 0 Å². The molecule has 1 aliphatic rings. The van der Waals surface area contributed by atoms with E-state index < -0.39 is 0 Å². The zero-order valence-corrected chi connectivity index (χ0v) is 13.0. The van der Waals surface area contributed by atoms with Crippen molar-refractivity contribution in [3.63, 3.8) is 0 Å². The van der Waals surface area contributed by atoms with Gasteiger partial charge < -0.3 is 5.73 Å². The molecular weight excluding hydrogens is 275 g/mol. The summed E-state index contributed by atoms with van der Waals surface area (Å²) in [6.45, 7) is 2.83. The molecule has 1 saturated carbocycles. The number of rotatable bonds is 4. The van der Waals surface area contributed by atoms with Gasteiger partial charge >= 0.3 is 0 Å². The highest BCUT2D eigenvalue weighted by Gasteiger charge is 2.29. The highest BCUT2D eigenvalue weighted by Crippen LogP contribution is 2.33. The van der Waals surface area contributed by atoms with Crippen molar-refractivity contribution in [1.82, 2.24) is 4.90 Å². The Kier molecular flexibility index (Phi) is 5.42. The van der Waals surface area contributed by atoms with Crippen molar-refractivity contribution in [1.29, 1.82) is 0 Å². The van der Waals surface area contributed by atoms with Gasteiger partial charge in [-0.1, -0.05) is 37.4 Å². The van der Waals surface area contributed by atoms with Crippen LogP contribution in [0.5, 0.6) is 0 Å².